The second kappa shape index (κ2) is 11.1. The number of carboxylic acids is 1. The average Bonchev–Trinajstić information content (AvgIpc) is 3.11. The van der Waals surface area contributed by atoms with Gasteiger partial charge in [-0.3, -0.25) is 19.4 Å². The molecule has 0 aromatic heterocycles. The van der Waals surface area contributed by atoms with Crippen LogP contribution in [0.2, 0.25) is 0 Å². The van der Waals surface area contributed by atoms with Crippen LogP contribution in [0.4, 0.5) is 0 Å². The summed E-state index contributed by atoms with van der Waals surface area (Å²) in [5.74, 6) is -2.74. The van der Waals surface area contributed by atoms with Crippen LogP contribution < -0.4 is 27.8 Å². The Morgan fingerprint density at radius 1 is 1.29 bits per heavy atom. The minimum Gasteiger partial charge on any atom is -0.480 e. The molecule has 0 aromatic carbocycles. The molecule has 1 aliphatic heterocycles. The van der Waals surface area contributed by atoms with Crippen LogP contribution in [0.25, 0.3) is 0 Å². The number of nitrogens with zero attached hydrogens (tertiary/aromatic N) is 2. The summed E-state index contributed by atoms with van der Waals surface area (Å²) in [6.45, 7) is 1.69. The van der Waals surface area contributed by atoms with Crippen molar-refractivity contribution >= 4 is 29.7 Å². The number of nitrogens with one attached hydrogen (secondary N) is 2. The van der Waals surface area contributed by atoms with Crippen molar-refractivity contribution in [2.75, 3.05) is 19.6 Å². The SMILES string of the molecule is C[C@H](N)C(=O)NCC(=O)N[C@@H](CCCN=C(N)N)C(=O)N1CCC[C@H]1C(=O)O. The number of guanidine groups is 1. The van der Waals surface area contributed by atoms with Crippen molar-refractivity contribution in [2.24, 2.45) is 22.2 Å². The lowest BCUT2D eigenvalue weighted by atomic mass is 10.1. The van der Waals surface area contributed by atoms with E-state index in [0.29, 0.717) is 25.8 Å². The van der Waals surface area contributed by atoms with Gasteiger partial charge in [0.15, 0.2) is 5.96 Å². The van der Waals surface area contributed by atoms with E-state index < -0.39 is 41.8 Å². The van der Waals surface area contributed by atoms with E-state index in [2.05, 4.69) is 15.6 Å². The van der Waals surface area contributed by atoms with Crippen molar-refractivity contribution in [3.8, 4) is 0 Å². The maximum absolute atomic E-state index is 12.8. The molecular weight excluding hydrogens is 370 g/mol. The molecule has 0 unspecified atom stereocenters. The summed E-state index contributed by atoms with van der Waals surface area (Å²) in [5, 5.41) is 14.2. The van der Waals surface area contributed by atoms with Gasteiger partial charge in [0.25, 0.3) is 0 Å². The van der Waals surface area contributed by atoms with Gasteiger partial charge in [0.1, 0.15) is 12.1 Å². The monoisotopic (exact) mass is 399 g/mol. The number of hydrogen-bond donors (Lipinski definition) is 6. The van der Waals surface area contributed by atoms with Gasteiger partial charge in [-0.2, -0.15) is 0 Å². The molecule has 1 saturated heterocycles. The molecule has 3 atom stereocenters. The van der Waals surface area contributed by atoms with Crippen LogP contribution in [0.3, 0.4) is 0 Å². The highest BCUT2D eigenvalue weighted by Crippen LogP contribution is 2.19. The molecule has 9 N–H and O–H groups in total. The van der Waals surface area contributed by atoms with Crippen molar-refractivity contribution in [1.82, 2.24) is 15.5 Å². The summed E-state index contributed by atoms with van der Waals surface area (Å²) in [6, 6.07) is -2.64. The van der Waals surface area contributed by atoms with E-state index in [0.717, 1.165) is 0 Å². The first kappa shape index (κ1) is 23.1. The van der Waals surface area contributed by atoms with Gasteiger partial charge in [-0.1, -0.05) is 0 Å². The number of carbonyl (C=O) groups excluding carboxylic acids is 3. The zero-order valence-corrected chi connectivity index (χ0v) is 15.9. The summed E-state index contributed by atoms with van der Waals surface area (Å²) in [7, 11) is 0. The Labute approximate surface area is 162 Å². The van der Waals surface area contributed by atoms with Crippen molar-refractivity contribution in [3.63, 3.8) is 0 Å². The molecule has 12 heteroatoms. The molecule has 1 aliphatic rings. The van der Waals surface area contributed by atoms with E-state index in [1.165, 1.54) is 11.8 Å². The maximum Gasteiger partial charge on any atom is 0.326 e. The van der Waals surface area contributed by atoms with E-state index >= 15 is 0 Å². The second-order valence-electron chi connectivity index (χ2n) is 6.60. The molecule has 0 radical (unpaired) electrons. The molecule has 0 aliphatic carbocycles. The number of hydrogen-bond acceptors (Lipinski definition) is 6. The Hall–Kier alpha value is -2.89. The first-order chi connectivity index (χ1) is 13.1. The summed E-state index contributed by atoms with van der Waals surface area (Å²) in [6.07, 6.45) is 1.54. The van der Waals surface area contributed by atoms with Crippen LogP contribution in [0, 0.1) is 0 Å². The van der Waals surface area contributed by atoms with Crippen molar-refractivity contribution in [1.29, 1.82) is 0 Å². The minimum absolute atomic E-state index is 0.0870. The molecule has 1 fully saturated rings. The number of aliphatic carboxylic acids is 1. The Morgan fingerprint density at radius 3 is 2.54 bits per heavy atom. The normalized spacial score (nSPS) is 18.1. The third-order valence-electron chi connectivity index (χ3n) is 4.24. The van der Waals surface area contributed by atoms with Crippen molar-refractivity contribution < 1.29 is 24.3 Å². The van der Waals surface area contributed by atoms with Gasteiger partial charge < -0.3 is 37.8 Å². The fourth-order valence-electron chi connectivity index (χ4n) is 2.82. The van der Waals surface area contributed by atoms with Gasteiger partial charge in [0, 0.05) is 13.1 Å². The Bertz CT molecular complexity index is 619. The summed E-state index contributed by atoms with van der Waals surface area (Å²) in [5.41, 5.74) is 15.9. The fraction of sp³-hybridized carbons (Fsp3) is 0.688. The van der Waals surface area contributed by atoms with Crippen LogP contribution in [0.1, 0.15) is 32.6 Å². The van der Waals surface area contributed by atoms with E-state index in [1.54, 1.807) is 0 Å². The first-order valence-electron chi connectivity index (χ1n) is 9.04. The summed E-state index contributed by atoms with van der Waals surface area (Å²) in [4.78, 5) is 52.9. The van der Waals surface area contributed by atoms with E-state index in [1.807, 2.05) is 0 Å². The van der Waals surface area contributed by atoms with Gasteiger partial charge in [0.05, 0.1) is 12.6 Å². The van der Waals surface area contributed by atoms with Crippen LogP contribution in [0.5, 0.6) is 0 Å². The fourth-order valence-corrected chi connectivity index (χ4v) is 2.82. The van der Waals surface area contributed by atoms with E-state index in [9.17, 15) is 24.3 Å². The number of likely N-dealkylation sites (tertiary alicyclic amines) is 1. The Balaban J connectivity index is 2.76. The number of carbonyl (C=O) groups is 4. The number of rotatable bonds is 10. The molecule has 0 spiro atoms. The smallest absolute Gasteiger partial charge is 0.326 e. The standard InChI is InChI=1S/C16H29N7O5/c1-9(17)13(25)21-8-12(24)22-10(4-2-6-20-16(18)19)14(26)23-7-3-5-11(23)15(27)28/h9-11H,2-8,17H2,1H3,(H,21,25)(H,22,24)(H,27,28)(H4,18,19,20)/t9-,10-,11-/m0/s1. The lowest BCUT2D eigenvalue weighted by Gasteiger charge is -2.27. The minimum atomic E-state index is -1.08. The molecular formula is C16H29N7O5. The Morgan fingerprint density at radius 2 is 1.96 bits per heavy atom. The molecule has 158 valence electrons. The Kier molecular flexibility index (Phi) is 9.15. The molecule has 1 rings (SSSR count). The lowest BCUT2D eigenvalue weighted by Crippen LogP contribution is -2.53. The average molecular weight is 399 g/mol. The zero-order valence-electron chi connectivity index (χ0n) is 15.9. The molecule has 1 heterocycles. The molecule has 12 nitrogen and oxygen atoms in total. The van der Waals surface area contributed by atoms with Crippen LogP contribution in [-0.2, 0) is 19.2 Å². The van der Waals surface area contributed by atoms with Crippen LogP contribution >= 0.6 is 0 Å². The first-order valence-corrected chi connectivity index (χ1v) is 9.04. The molecule has 28 heavy (non-hydrogen) atoms. The summed E-state index contributed by atoms with van der Waals surface area (Å²) >= 11 is 0. The highest BCUT2D eigenvalue weighted by atomic mass is 16.4. The van der Waals surface area contributed by atoms with Crippen molar-refractivity contribution in [2.45, 2.75) is 50.7 Å². The number of amides is 3. The van der Waals surface area contributed by atoms with Gasteiger partial charge in [-0.05, 0) is 32.6 Å². The van der Waals surface area contributed by atoms with Gasteiger partial charge in [-0.15, -0.1) is 0 Å². The largest absolute Gasteiger partial charge is 0.480 e. The van der Waals surface area contributed by atoms with Crippen molar-refractivity contribution in [3.05, 3.63) is 0 Å². The van der Waals surface area contributed by atoms with Gasteiger partial charge in [-0.25, -0.2) is 4.79 Å². The topological polar surface area (TPSA) is 206 Å². The quantitative estimate of drug-likeness (QED) is 0.127. The molecule has 0 saturated carbocycles. The summed E-state index contributed by atoms with van der Waals surface area (Å²) < 4.78 is 0. The maximum atomic E-state index is 12.8. The van der Waals surface area contributed by atoms with Gasteiger partial charge >= 0.3 is 5.97 Å². The molecule has 0 aromatic rings. The van der Waals surface area contributed by atoms with Gasteiger partial charge in [0.2, 0.25) is 17.7 Å². The third kappa shape index (κ3) is 7.39. The lowest BCUT2D eigenvalue weighted by molar-refractivity contribution is -0.149. The number of aliphatic imine (C=N–C) groups is 1. The van der Waals surface area contributed by atoms with E-state index in [-0.39, 0.29) is 25.5 Å². The predicted molar refractivity (Wildman–Crippen MR) is 101 cm³/mol. The highest BCUT2D eigenvalue weighted by Gasteiger charge is 2.37. The van der Waals surface area contributed by atoms with Crippen LogP contribution in [0.15, 0.2) is 4.99 Å². The number of nitrogens with two attached hydrogens (primary N) is 3. The zero-order chi connectivity index (χ0) is 21.3. The molecule has 3 amide bonds. The van der Waals surface area contributed by atoms with E-state index in [4.69, 9.17) is 17.2 Å². The highest BCUT2D eigenvalue weighted by molar-refractivity contribution is 5.92. The third-order valence-corrected chi connectivity index (χ3v) is 4.24. The second-order valence-corrected chi connectivity index (χ2v) is 6.60. The number of carboxylic acid groups (broad SMARTS) is 1. The van der Waals surface area contributed by atoms with Crippen LogP contribution in [-0.4, -0.2) is 77.4 Å². The molecule has 0 bridgehead atoms. The predicted octanol–water partition coefficient (Wildman–Crippen LogP) is -2.94.